The Labute approximate surface area is 334 Å². The Kier molecular flexibility index (Phi) is 45.3. The molecule has 0 aliphatic heterocycles. The number of hydrogen-bond acceptors (Lipinski definition) is 3. The van der Waals surface area contributed by atoms with Crippen LogP contribution in [-0.4, -0.2) is 34.9 Å². The largest absolute Gasteiger partial charge is 0.394 e. The second-order valence-electron chi connectivity index (χ2n) is 17.3. The number of rotatable bonds is 46. The maximum Gasteiger partial charge on any atom is 0.220 e. The third-order valence-electron chi connectivity index (χ3n) is 11.9. The summed E-state index contributed by atoms with van der Waals surface area (Å²) < 4.78 is 0. The SMILES string of the molecule is CCCCCCCCCCCCCCCCCCCCCCCCCCCCCC(O)C(CO)NC(=O)CCCCCCCCCCCCCCCC. The van der Waals surface area contributed by atoms with E-state index in [9.17, 15) is 15.0 Å². The zero-order valence-corrected chi connectivity index (χ0v) is 36.6. The fourth-order valence-corrected chi connectivity index (χ4v) is 8.07. The van der Waals surface area contributed by atoms with E-state index in [4.69, 9.17) is 0 Å². The van der Waals surface area contributed by atoms with E-state index in [2.05, 4.69) is 19.2 Å². The van der Waals surface area contributed by atoms with E-state index in [1.54, 1.807) is 0 Å². The number of aliphatic hydroxyl groups is 2. The highest BCUT2D eigenvalue weighted by atomic mass is 16.3. The molecule has 0 radical (unpaired) electrons. The summed E-state index contributed by atoms with van der Waals surface area (Å²) in [6.07, 6.45) is 56.4. The zero-order valence-electron chi connectivity index (χ0n) is 36.6. The van der Waals surface area contributed by atoms with Crippen molar-refractivity contribution in [2.24, 2.45) is 0 Å². The van der Waals surface area contributed by atoms with Gasteiger partial charge in [-0.05, 0) is 12.8 Å². The fourth-order valence-electron chi connectivity index (χ4n) is 8.07. The van der Waals surface area contributed by atoms with Gasteiger partial charge in [0.2, 0.25) is 5.91 Å². The highest BCUT2D eigenvalue weighted by molar-refractivity contribution is 5.76. The molecule has 0 rings (SSSR count). The van der Waals surface area contributed by atoms with E-state index in [0.717, 1.165) is 25.7 Å². The first kappa shape index (κ1) is 52.4. The quantitative estimate of drug-likeness (QED) is 0.0543. The van der Waals surface area contributed by atoms with E-state index in [0.29, 0.717) is 12.8 Å². The minimum atomic E-state index is -0.653. The smallest absolute Gasteiger partial charge is 0.220 e. The zero-order chi connectivity index (χ0) is 38.6. The maximum absolute atomic E-state index is 12.4. The van der Waals surface area contributed by atoms with Gasteiger partial charge in [0.15, 0.2) is 0 Å². The molecule has 1 amide bonds. The normalized spacial score (nSPS) is 12.8. The topological polar surface area (TPSA) is 69.6 Å². The van der Waals surface area contributed by atoms with Gasteiger partial charge in [-0.15, -0.1) is 0 Å². The molecule has 0 bridgehead atoms. The number of aliphatic hydroxyl groups excluding tert-OH is 2. The summed E-state index contributed by atoms with van der Waals surface area (Å²) in [6.45, 7) is 4.39. The van der Waals surface area contributed by atoms with Crippen LogP contribution < -0.4 is 5.32 Å². The number of unbranched alkanes of at least 4 members (excludes halogenated alkanes) is 39. The van der Waals surface area contributed by atoms with Crippen LogP contribution in [0.5, 0.6) is 0 Å². The van der Waals surface area contributed by atoms with Crippen LogP contribution in [0, 0.1) is 0 Å². The first-order chi connectivity index (χ1) is 26.2. The molecular weight excluding hydrogens is 651 g/mol. The molecule has 0 aromatic heterocycles. The van der Waals surface area contributed by atoms with Crippen molar-refractivity contribution < 1.29 is 15.0 Å². The van der Waals surface area contributed by atoms with Gasteiger partial charge in [-0.1, -0.05) is 271 Å². The molecule has 2 unspecified atom stereocenters. The Hall–Kier alpha value is -0.610. The predicted octanol–water partition coefficient (Wildman–Crippen LogP) is 15.6. The summed E-state index contributed by atoms with van der Waals surface area (Å²) in [5.74, 6) is -0.0257. The van der Waals surface area contributed by atoms with E-state index < -0.39 is 12.1 Å². The summed E-state index contributed by atoms with van der Waals surface area (Å²) >= 11 is 0. The monoisotopic (exact) mass is 750 g/mol. The molecule has 2 atom stereocenters. The minimum Gasteiger partial charge on any atom is -0.394 e. The predicted molar refractivity (Wildman–Crippen MR) is 235 cm³/mol. The van der Waals surface area contributed by atoms with Gasteiger partial charge in [0.25, 0.3) is 0 Å². The third-order valence-corrected chi connectivity index (χ3v) is 11.9. The second-order valence-corrected chi connectivity index (χ2v) is 17.3. The summed E-state index contributed by atoms with van der Waals surface area (Å²) in [5.41, 5.74) is 0. The number of carbonyl (C=O) groups excluding carboxylic acids is 1. The van der Waals surface area contributed by atoms with Crippen LogP contribution >= 0.6 is 0 Å². The molecule has 0 saturated heterocycles. The first-order valence-electron chi connectivity index (χ1n) is 24.7. The summed E-state index contributed by atoms with van der Waals surface area (Å²) in [6, 6.07) is -0.529. The highest BCUT2D eigenvalue weighted by Gasteiger charge is 2.20. The molecule has 0 aromatic carbocycles. The molecular formula is C49H99NO3. The lowest BCUT2D eigenvalue weighted by molar-refractivity contribution is -0.123. The van der Waals surface area contributed by atoms with E-state index in [1.807, 2.05) is 0 Å². The molecule has 3 N–H and O–H groups in total. The standard InChI is InChI=1S/C49H99NO3/c1-3-5-7-9-11-13-15-17-19-20-21-22-23-24-25-26-27-28-29-30-31-32-34-36-38-40-42-44-48(52)47(46-51)50-49(53)45-43-41-39-37-35-33-18-16-14-12-10-8-6-4-2/h47-48,51-52H,3-46H2,1-2H3,(H,50,53). The van der Waals surface area contributed by atoms with E-state index in [1.165, 1.54) is 238 Å². The molecule has 0 aromatic rings. The molecule has 0 heterocycles. The van der Waals surface area contributed by atoms with Gasteiger partial charge in [0.1, 0.15) is 0 Å². The maximum atomic E-state index is 12.4. The molecule has 0 aliphatic rings. The molecule has 4 heteroatoms. The van der Waals surface area contributed by atoms with Crippen LogP contribution in [-0.2, 0) is 4.79 Å². The van der Waals surface area contributed by atoms with Crippen LogP contribution in [0.25, 0.3) is 0 Å². The number of amides is 1. The lowest BCUT2D eigenvalue weighted by atomic mass is 10.0. The second kappa shape index (κ2) is 45.8. The van der Waals surface area contributed by atoms with Crippen molar-refractivity contribution in [2.45, 2.75) is 302 Å². The Bertz CT molecular complexity index is 685. The summed E-state index contributed by atoms with van der Waals surface area (Å²) in [4.78, 5) is 12.4. The molecule has 0 aliphatic carbocycles. The van der Waals surface area contributed by atoms with Crippen molar-refractivity contribution in [1.82, 2.24) is 5.32 Å². The average Bonchev–Trinajstić information content (AvgIpc) is 3.16. The van der Waals surface area contributed by atoms with Crippen molar-refractivity contribution in [3.8, 4) is 0 Å². The molecule has 0 saturated carbocycles. The van der Waals surface area contributed by atoms with Crippen molar-refractivity contribution >= 4 is 5.91 Å². The van der Waals surface area contributed by atoms with Crippen LogP contribution in [0.4, 0.5) is 0 Å². The lowest BCUT2D eigenvalue weighted by Crippen LogP contribution is -2.45. The Balaban J connectivity index is 3.40. The fraction of sp³-hybridized carbons (Fsp3) is 0.980. The van der Waals surface area contributed by atoms with Gasteiger partial charge in [-0.2, -0.15) is 0 Å². The van der Waals surface area contributed by atoms with Gasteiger partial charge in [-0.3, -0.25) is 4.79 Å². The van der Waals surface area contributed by atoms with Crippen molar-refractivity contribution in [2.75, 3.05) is 6.61 Å². The number of nitrogens with one attached hydrogen (secondary N) is 1. The Morgan fingerprint density at radius 2 is 0.604 bits per heavy atom. The molecule has 4 nitrogen and oxygen atoms in total. The average molecular weight is 750 g/mol. The van der Waals surface area contributed by atoms with E-state index >= 15 is 0 Å². The van der Waals surface area contributed by atoms with Crippen LogP contribution in [0.15, 0.2) is 0 Å². The molecule has 318 valence electrons. The number of carbonyl (C=O) groups is 1. The minimum absolute atomic E-state index is 0.0257. The third kappa shape index (κ3) is 42.4. The summed E-state index contributed by atoms with van der Waals surface area (Å²) in [7, 11) is 0. The molecule has 0 spiro atoms. The van der Waals surface area contributed by atoms with Gasteiger partial charge >= 0.3 is 0 Å². The lowest BCUT2D eigenvalue weighted by Gasteiger charge is -2.22. The van der Waals surface area contributed by atoms with Crippen LogP contribution in [0.3, 0.4) is 0 Å². The van der Waals surface area contributed by atoms with Crippen molar-refractivity contribution in [1.29, 1.82) is 0 Å². The van der Waals surface area contributed by atoms with Crippen molar-refractivity contribution in [3.63, 3.8) is 0 Å². The highest BCUT2D eigenvalue weighted by Crippen LogP contribution is 2.18. The summed E-state index contributed by atoms with van der Waals surface area (Å²) in [5, 5.41) is 23.2. The Morgan fingerprint density at radius 3 is 0.849 bits per heavy atom. The van der Waals surface area contributed by atoms with Gasteiger partial charge in [-0.25, -0.2) is 0 Å². The van der Waals surface area contributed by atoms with Crippen molar-refractivity contribution in [3.05, 3.63) is 0 Å². The van der Waals surface area contributed by atoms with Crippen LogP contribution in [0.1, 0.15) is 290 Å². The molecule has 0 fully saturated rings. The van der Waals surface area contributed by atoms with Gasteiger partial charge < -0.3 is 15.5 Å². The molecule has 53 heavy (non-hydrogen) atoms. The van der Waals surface area contributed by atoms with Crippen LogP contribution in [0.2, 0.25) is 0 Å². The first-order valence-corrected chi connectivity index (χ1v) is 24.7. The Morgan fingerprint density at radius 1 is 0.377 bits per heavy atom. The van der Waals surface area contributed by atoms with Gasteiger partial charge in [0, 0.05) is 6.42 Å². The van der Waals surface area contributed by atoms with Gasteiger partial charge in [0.05, 0.1) is 18.8 Å². The van der Waals surface area contributed by atoms with E-state index in [-0.39, 0.29) is 12.5 Å². The number of hydrogen-bond donors (Lipinski definition) is 3.